The summed E-state index contributed by atoms with van der Waals surface area (Å²) in [5, 5.41) is 11.8. The number of hydrogen-bond acceptors (Lipinski definition) is 2. The lowest BCUT2D eigenvalue weighted by Crippen LogP contribution is -1.95. The summed E-state index contributed by atoms with van der Waals surface area (Å²) in [6.07, 6.45) is 1.78. The zero-order valence-corrected chi connectivity index (χ0v) is 7.64. The molecule has 0 amide bonds. The standard InChI is InChI=1S/C10H7N3O2/c14-10(15)6-1-2-8-7(5-6)12-9-3-4-11-13(8)9/h1-5,11H,(H,14,15). The Hall–Kier alpha value is -2.30. The molecule has 0 fully saturated rings. The average molecular weight is 201 g/mol. The number of carboxylic acid groups (broad SMARTS) is 1. The van der Waals surface area contributed by atoms with Crippen LogP contribution >= 0.6 is 0 Å². The van der Waals surface area contributed by atoms with Crippen LogP contribution in [0.3, 0.4) is 0 Å². The van der Waals surface area contributed by atoms with E-state index in [0.717, 1.165) is 11.2 Å². The van der Waals surface area contributed by atoms with Gasteiger partial charge in [0.2, 0.25) is 0 Å². The lowest BCUT2D eigenvalue weighted by molar-refractivity contribution is 0.0697. The molecule has 0 aliphatic carbocycles. The van der Waals surface area contributed by atoms with Crippen LogP contribution in [0, 0.1) is 0 Å². The van der Waals surface area contributed by atoms with E-state index in [1.165, 1.54) is 0 Å². The average Bonchev–Trinajstić information content (AvgIpc) is 2.75. The van der Waals surface area contributed by atoms with Crippen LogP contribution in [0.25, 0.3) is 16.7 Å². The van der Waals surface area contributed by atoms with Crippen molar-refractivity contribution >= 4 is 22.6 Å². The number of H-pyrrole nitrogens is 1. The van der Waals surface area contributed by atoms with Crippen molar-refractivity contribution in [2.45, 2.75) is 0 Å². The summed E-state index contributed by atoms with van der Waals surface area (Å²) in [4.78, 5) is 15.0. The second-order valence-electron chi connectivity index (χ2n) is 3.28. The van der Waals surface area contributed by atoms with Crippen molar-refractivity contribution < 1.29 is 9.90 Å². The fourth-order valence-corrected chi connectivity index (χ4v) is 1.67. The van der Waals surface area contributed by atoms with Gasteiger partial charge in [-0.25, -0.2) is 14.3 Å². The summed E-state index contributed by atoms with van der Waals surface area (Å²) >= 11 is 0. The lowest BCUT2D eigenvalue weighted by Gasteiger charge is -1.93. The number of rotatable bonds is 1. The number of carboxylic acids is 1. The van der Waals surface area contributed by atoms with Gasteiger partial charge in [-0.2, -0.15) is 0 Å². The number of fused-ring (bicyclic) bond motifs is 3. The molecule has 0 atom stereocenters. The van der Waals surface area contributed by atoms with Gasteiger partial charge in [0.05, 0.1) is 16.6 Å². The number of hydrogen-bond donors (Lipinski definition) is 2. The molecule has 3 rings (SSSR count). The van der Waals surface area contributed by atoms with Crippen molar-refractivity contribution in [3.8, 4) is 0 Å². The van der Waals surface area contributed by atoms with Crippen molar-refractivity contribution in [1.82, 2.24) is 14.6 Å². The van der Waals surface area contributed by atoms with Crippen LogP contribution in [0.2, 0.25) is 0 Å². The fraction of sp³-hybridized carbons (Fsp3) is 0. The van der Waals surface area contributed by atoms with Gasteiger partial charge >= 0.3 is 5.97 Å². The third-order valence-corrected chi connectivity index (χ3v) is 2.36. The van der Waals surface area contributed by atoms with Crippen molar-refractivity contribution in [2.24, 2.45) is 0 Å². The zero-order chi connectivity index (χ0) is 10.4. The highest BCUT2D eigenvalue weighted by Gasteiger charge is 2.08. The van der Waals surface area contributed by atoms with Gasteiger partial charge in [-0.3, -0.25) is 5.10 Å². The molecule has 2 aromatic heterocycles. The van der Waals surface area contributed by atoms with E-state index in [-0.39, 0.29) is 5.56 Å². The molecule has 2 heterocycles. The lowest BCUT2D eigenvalue weighted by atomic mass is 10.2. The number of aromatic carboxylic acids is 1. The Labute approximate surface area is 83.9 Å². The number of aromatic nitrogens is 3. The highest BCUT2D eigenvalue weighted by molar-refractivity contribution is 5.93. The second kappa shape index (κ2) is 2.60. The molecule has 0 aliphatic rings. The summed E-state index contributed by atoms with van der Waals surface area (Å²) in [6, 6.07) is 6.72. The SMILES string of the molecule is O=C(O)c1ccc2c(c1)nc1cc[nH]n12. The maximum absolute atomic E-state index is 10.8. The molecule has 2 N–H and O–H groups in total. The molecule has 0 unspecified atom stereocenters. The first-order chi connectivity index (χ1) is 7.25. The van der Waals surface area contributed by atoms with E-state index >= 15 is 0 Å². The van der Waals surface area contributed by atoms with E-state index < -0.39 is 5.97 Å². The predicted octanol–water partition coefficient (Wildman–Crippen LogP) is 1.51. The largest absolute Gasteiger partial charge is 0.478 e. The molecule has 0 bridgehead atoms. The van der Waals surface area contributed by atoms with Gasteiger partial charge < -0.3 is 5.11 Å². The maximum Gasteiger partial charge on any atom is 0.335 e. The molecule has 0 radical (unpaired) electrons. The van der Waals surface area contributed by atoms with E-state index in [1.54, 1.807) is 28.9 Å². The van der Waals surface area contributed by atoms with Gasteiger partial charge in [-0.05, 0) is 18.2 Å². The predicted molar refractivity (Wildman–Crippen MR) is 54.0 cm³/mol. The molecular weight excluding hydrogens is 194 g/mol. The van der Waals surface area contributed by atoms with Gasteiger partial charge in [-0.15, -0.1) is 0 Å². The molecule has 15 heavy (non-hydrogen) atoms. The van der Waals surface area contributed by atoms with Crippen LogP contribution in [0.15, 0.2) is 30.5 Å². The van der Waals surface area contributed by atoms with Crippen LogP contribution in [-0.4, -0.2) is 25.7 Å². The minimum Gasteiger partial charge on any atom is -0.478 e. The summed E-state index contributed by atoms with van der Waals surface area (Å²) in [5.41, 5.74) is 2.59. The highest BCUT2D eigenvalue weighted by atomic mass is 16.4. The summed E-state index contributed by atoms with van der Waals surface area (Å²) in [7, 11) is 0. The highest BCUT2D eigenvalue weighted by Crippen LogP contribution is 2.17. The molecule has 74 valence electrons. The van der Waals surface area contributed by atoms with Crippen molar-refractivity contribution in [3.05, 3.63) is 36.0 Å². The molecule has 3 aromatic rings. The molecule has 5 nitrogen and oxygen atoms in total. The normalized spacial score (nSPS) is 11.2. The van der Waals surface area contributed by atoms with Crippen LogP contribution < -0.4 is 0 Å². The molecule has 1 aromatic carbocycles. The minimum absolute atomic E-state index is 0.253. The van der Waals surface area contributed by atoms with Crippen LogP contribution in [0.1, 0.15) is 10.4 Å². The van der Waals surface area contributed by atoms with E-state index in [2.05, 4.69) is 10.1 Å². The molecule has 0 saturated heterocycles. The van der Waals surface area contributed by atoms with Crippen LogP contribution in [0.5, 0.6) is 0 Å². The monoisotopic (exact) mass is 201 g/mol. The van der Waals surface area contributed by atoms with Gasteiger partial charge in [0.25, 0.3) is 0 Å². The quantitative estimate of drug-likeness (QED) is 0.627. The fourth-order valence-electron chi connectivity index (χ4n) is 1.67. The summed E-state index contributed by atoms with van der Waals surface area (Å²) < 4.78 is 1.81. The molecule has 0 spiro atoms. The molecular formula is C10H7N3O2. The van der Waals surface area contributed by atoms with E-state index in [1.807, 2.05) is 6.07 Å². The van der Waals surface area contributed by atoms with Crippen LogP contribution in [0.4, 0.5) is 0 Å². The maximum atomic E-state index is 10.8. The molecule has 0 aliphatic heterocycles. The number of carbonyl (C=O) groups is 1. The van der Waals surface area contributed by atoms with Gasteiger partial charge in [-0.1, -0.05) is 0 Å². The Morgan fingerprint density at radius 3 is 3.07 bits per heavy atom. The number of nitrogens with one attached hydrogen (secondary N) is 1. The topological polar surface area (TPSA) is 70.4 Å². The second-order valence-corrected chi connectivity index (χ2v) is 3.28. The molecule has 5 heteroatoms. The first kappa shape index (κ1) is 8.05. The van der Waals surface area contributed by atoms with Gasteiger partial charge in [0, 0.05) is 12.3 Å². The van der Waals surface area contributed by atoms with Gasteiger partial charge in [0.1, 0.15) is 0 Å². The van der Waals surface area contributed by atoms with E-state index in [0.29, 0.717) is 5.52 Å². The Kier molecular flexibility index (Phi) is 1.39. The molecule has 0 saturated carbocycles. The number of benzene rings is 1. The number of nitrogens with zero attached hydrogens (tertiary/aromatic N) is 2. The van der Waals surface area contributed by atoms with Crippen molar-refractivity contribution in [2.75, 3.05) is 0 Å². The minimum atomic E-state index is -0.937. The zero-order valence-electron chi connectivity index (χ0n) is 7.64. The van der Waals surface area contributed by atoms with E-state index in [4.69, 9.17) is 5.11 Å². The Morgan fingerprint density at radius 1 is 1.40 bits per heavy atom. The third kappa shape index (κ3) is 1.03. The van der Waals surface area contributed by atoms with Crippen molar-refractivity contribution in [1.29, 1.82) is 0 Å². The first-order valence-corrected chi connectivity index (χ1v) is 4.44. The third-order valence-electron chi connectivity index (χ3n) is 2.36. The summed E-state index contributed by atoms with van der Waals surface area (Å²) in [6.45, 7) is 0. The van der Waals surface area contributed by atoms with E-state index in [9.17, 15) is 4.79 Å². The Morgan fingerprint density at radius 2 is 2.27 bits per heavy atom. The van der Waals surface area contributed by atoms with Crippen molar-refractivity contribution in [3.63, 3.8) is 0 Å². The van der Waals surface area contributed by atoms with Gasteiger partial charge in [0.15, 0.2) is 5.65 Å². The Balaban J connectivity index is 2.40. The first-order valence-electron chi connectivity index (χ1n) is 4.44. The number of imidazole rings is 1. The smallest absolute Gasteiger partial charge is 0.335 e. The van der Waals surface area contributed by atoms with Crippen LogP contribution in [-0.2, 0) is 0 Å². The Bertz CT molecular complexity index is 665. The number of aromatic amines is 1. The summed E-state index contributed by atoms with van der Waals surface area (Å²) in [5.74, 6) is -0.937.